The molecule has 0 radical (unpaired) electrons. The number of hydrogen-bond acceptors (Lipinski definition) is 5. The maximum absolute atomic E-state index is 13.7. The monoisotopic (exact) mass is 380 g/mol. The molecule has 2 aliphatic heterocycles. The first-order valence-corrected chi connectivity index (χ1v) is 9.51. The van der Waals surface area contributed by atoms with Crippen LogP contribution >= 0.6 is 0 Å². The number of ether oxygens (including phenoxy) is 1. The van der Waals surface area contributed by atoms with Gasteiger partial charge in [-0.25, -0.2) is 9.38 Å². The average molecular weight is 380 g/mol. The van der Waals surface area contributed by atoms with Crippen LogP contribution < -0.4 is 10.5 Å². The molecule has 2 aromatic rings. The van der Waals surface area contributed by atoms with Gasteiger partial charge in [-0.05, 0) is 49.4 Å². The summed E-state index contributed by atoms with van der Waals surface area (Å²) in [6, 6.07) is 7.01. The fourth-order valence-corrected chi connectivity index (χ4v) is 4.81. The summed E-state index contributed by atoms with van der Waals surface area (Å²) in [6.45, 7) is 0. The van der Waals surface area contributed by atoms with E-state index in [-0.39, 0.29) is 17.5 Å². The van der Waals surface area contributed by atoms with E-state index in [0.717, 1.165) is 37.4 Å². The molecule has 3 heterocycles. The summed E-state index contributed by atoms with van der Waals surface area (Å²) in [6.07, 6.45) is 7.17. The van der Waals surface area contributed by atoms with Crippen molar-refractivity contribution in [2.24, 2.45) is 10.7 Å². The molecule has 2 N–H and O–H groups in total. The summed E-state index contributed by atoms with van der Waals surface area (Å²) in [4.78, 5) is 23.3. The van der Waals surface area contributed by atoms with Crippen molar-refractivity contribution in [3.8, 4) is 16.9 Å². The summed E-state index contributed by atoms with van der Waals surface area (Å²) in [5, 5.41) is 0. The number of nitrogens with two attached hydrogens (primary N) is 1. The van der Waals surface area contributed by atoms with E-state index in [0.29, 0.717) is 23.3 Å². The Labute approximate surface area is 162 Å². The van der Waals surface area contributed by atoms with Crippen molar-refractivity contribution in [3.05, 3.63) is 48.0 Å². The highest BCUT2D eigenvalue weighted by Gasteiger charge is 2.58. The maximum atomic E-state index is 13.7. The third-order valence-corrected chi connectivity index (χ3v) is 6.19. The minimum absolute atomic E-state index is 0.143. The Balaban J connectivity index is 1.70. The van der Waals surface area contributed by atoms with Crippen LogP contribution in [0.3, 0.4) is 0 Å². The van der Waals surface area contributed by atoms with Crippen LogP contribution in [0.5, 0.6) is 5.75 Å². The number of carbonyl (C=O) groups excluding carboxylic acids is 1. The van der Waals surface area contributed by atoms with Crippen molar-refractivity contribution in [1.29, 1.82) is 0 Å². The number of aromatic nitrogens is 1. The SMILES string of the molecule is CN1C(=O)C2(CC3(CCCC3)Oc3ccc(-c4cncc(F)c4)cc32)N=C1N. The van der Waals surface area contributed by atoms with Crippen molar-refractivity contribution < 1.29 is 13.9 Å². The molecule has 0 saturated heterocycles. The van der Waals surface area contributed by atoms with Crippen molar-refractivity contribution in [1.82, 2.24) is 9.88 Å². The first kappa shape index (κ1) is 17.2. The molecule has 1 aromatic heterocycles. The van der Waals surface area contributed by atoms with Crippen LogP contribution in [0.15, 0.2) is 41.7 Å². The molecule has 144 valence electrons. The minimum atomic E-state index is -1.09. The lowest BCUT2D eigenvalue weighted by Crippen LogP contribution is -2.50. The predicted molar refractivity (Wildman–Crippen MR) is 102 cm³/mol. The van der Waals surface area contributed by atoms with Crippen molar-refractivity contribution in [3.63, 3.8) is 0 Å². The van der Waals surface area contributed by atoms with E-state index in [1.165, 1.54) is 11.0 Å². The Bertz CT molecular complexity index is 1020. The van der Waals surface area contributed by atoms with Crippen LogP contribution in [0, 0.1) is 5.82 Å². The van der Waals surface area contributed by atoms with Gasteiger partial charge in [-0.2, -0.15) is 0 Å². The van der Waals surface area contributed by atoms with Crippen LogP contribution in [-0.4, -0.2) is 34.4 Å². The van der Waals surface area contributed by atoms with Gasteiger partial charge in [-0.3, -0.25) is 14.7 Å². The van der Waals surface area contributed by atoms with Crippen molar-refractivity contribution >= 4 is 11.9 Å². The average Bonchev–Trinajstić information content (AvgIpc) is 3.21. The highest BCUT2D eigenvalue weighted by Crippen LogP contribution is 2.54. The molecule has 5 rings (SSSR count). The zero-order chi connectivity index (χ0) is 19.5. The van der Waals surface area contributed by atoms with E-state index in [2.05, 4.69) is 9.98 Å². The second kappa shape index (κ2) is 5.77. The molecule has 28 heavy (non-hydrogen) atoms. The Morgan fingerprint density at radius 3 is 2.64 bits per heavy atom. The van der Waals surface area contributed by atoms with Crippen LogP contribution in [0.2, 0.25) is 0 Å². The van der Waals surface area contributed by atoms with Gasteiger partial charge >= 0.3 is 0 Å². The molecule has 1 atom stereocenters. The number of amides is 1. The summed E-state index contributed by atoms with van der Waals surface area (Å²) >= 11 is 0. The minimum Gasteiger partial charge on any atom is -0.487 e. The van der Waals surface area contributed by atoms with Crippen LogP contribution in [0.4, 0.5) is 4.39 Å². The van der Waals surface area contributed by atoms with Gasteiger partial charge in [-0.15, -0.1) is 0 Å². The lowest BCUT2D eigenvalue weighted by Gasteiger charge is -2.43. The lowest BCUT2D eigenvalue weighted by atomic mass is 9.75. The number of benzene rings is 1. The number of likely N-dealkylation sites (N-methyl/N-ethyl adjacent to an activating group) is 1. The summed E-state index contributed by atoms with van der Waals surface area (Å²) < 4.78 is 20.1. The Morgan fingerprint density at radius 1 is 1.18 bits per heavy atom. The van der Waals surface area contributed by atoms with Gasteiger partial charge in [0, 0.05) is 30.8 Å². The molecule has 2 spiro atoms. The van der Waals surface area contributed by atoms with Gasteiger partial charge in [0.2, 0.25) is 0 Å². The van der Waals surface area contributed by atoms with Gasteiger partial charge < -0.3 is 10.5 Å². The van der Waals surface area contributed by atoms with Crippen LogP contribution in [0.1, 0.15) is 37.7 Å². The lowest BCUT2D eigenvalue weighted by molar-refractivity contribution is -0.134. The van der Waals surface area contributed by atoms with Gasteiger partial charge in [0.15, 0.2) is 11.5 Å². The van der Waals surface area contributed by atoms with Gasteiger partial charge in [0.25, 0.3) is 5.91 Å². The van der Waals surface area contributed by atoms with E-state index >= 15 is 0 Å². The van der Waals surface area contributed by atoms with E-state index < -0.39 is 11.4 Å². The standard InChI is InChI=1S/C21H21FN4O2/c1-26-18(27)21(25-19(26)23)12-20(6-2-3-7-20)28-17-5-4-13(9-16(17)21)14-8-15(22)11-24-10-14/h4-5,8-11H,2-3,6-7,12H2,1H3,(H2,23,25). The topological polar surface area (TPSA) is 80.8 Å². The second-order valence-corrected chi connectivity index (χ2v) is 7.97. The molecular weight excluding hydrogens is 359 g/mol. The molecule has 1 unspecified atom stereocenters. The molecule has 1 aromatic carbocycles. The Morgan fingerprint density at radius 2 is 1.96 bits per heavy atom. The van der Waals surface area contributed by atoms with E-state index in [4.69, 9.17) is 10.5 Å². The quantitative estimate of drug-likeness (QED) is 0.825. The fraction of sp³-hybridized carbons (Fsp3) is 0.381. The molecule has 0 bridgehead atoms. The fourth-order valence-electron chi connectivity index (χ4n) is 4.81. The van der Waals surface area contributed by atoms with Gasteiger partial charge in [0.1, 0.15) is 17.2 Å². The summed E-state index contributed by atoms with van der Waals surface area (Å²) in [7, 11) is 1.65. The first-order valence-electron chi connectivity index (χ1n) is 9.51. The number of nitrogens with zero attached hydrogens (tertiary/aromatic N) is 3. The Kier molecular flexibility index (Phi) is 3.53. The van der Waals surface area contributed by atoms with Gasteiger partial charge in [0.05, 0.1) is 6.20 Å². The first-order chi connectivity index (χ1) is 13.4. The third kappa shape index (κ3) is 2.35. The number of halogens is 1. The molecule has 7 heteroatoms. The van der Waals surface area contributed by atoms with Crippen molar-refractivity contribution in [2.75, 3.05) is 7.05 Å². The molecule has 1 aliphatic carbocycles. The number of fused-ring (bicyclic) bond motifs is 2. The number of carbonyl (C=O) groups is 1. The zero-order valence-corrected chi connectivity index (χ0v) is 15.6. The van der Waals surface area contributed by atoms with E-state index in [9.17, 15) is 9.18 Å². The molecule has 1 amide bonds. The summed E-state index contributed by atoms with van der Waals surface area (Å²) in [5.41, 5.74) is 6.64. The zero-order valence-electron chi connectivity index (χ0n) is 15.6. The normalized spacial score (nSPS) is 25.1. The largest absolute Gasteiger partial charge is 0.487 e. The predicted octanol–water partition coefficient (Wildman–Crippen LogP) is 2.97. The highest BCUT2D eigenvalue weighted by molar-refractivity contribution is 6.07. The Hall–Kier alpha value is -2.96. The molecule has 6 nitrogen and oxygen atoms in total. The smallest absolute Gasteiger partial charge is 0.261 e. The van der Waals surface area contributed by atoms with Gasteiger partial charge in [-0.1, -0.05) is 6.07 Å². The maximum Gasteiger partial charge on any atom is 0.261 e. The summed E-state index contributed by atoms with van der Waals surface area (Å²) in [5.74, 6) is 0.311. The molecule has 3 aliphatic rings. The molecule has 1 saturated carbocycles. The third-order valence-electron chi connectivity index (χ3n) is 6.19. The molecular formula is C21H21FN4O2. The van der Waals surface area contributed by atoms with E-state index in [1.807, 2.05) is 18.2 Å². The number of pyridine rings is 1. The number of guanidine groups is 1. The van der Waals surface area contributed by atoms with E-state index in [1.54, 1.807) is 13.2 Å². The molecule has 1 fully saturated rings. The number of hydrogen-bond donors (Lipinski definition) is 1. The number of aliphatic imine (C=N–C) groups is 1. The van der Waals surface area contributed by atoms with Crippen LogP contribution in [0.25, 0.3) is 11.1 Å². The highest BCUT2D eigenvalue weighted by atomic mass is 19.1. The number of rotatable bonds is 1. The van der Waals surface area contributed by atoms with Crippen molar-refractivity contribution in [2.45, 2.75) is 43.2 Å². The van der Waals surface area contributed by atoms with Crippen LogP contribution in [-0.2, 0) is 10.3 Å². The second-order valence-electron chi connectivity index (χ2n) is 7.97.